The molecule has 92 valence electrons. The van der Waals surface area contributed by atoms with Crippen molar-refractivity contribution in [1.82, 2.24) is 0 Å². The van der Waals surface area contributed by atoms with Crippen LogP contribution in [0, 0.1) is 0 Å². The zero-order valence-corrected chi connectivity index (χ0v) is 10.2. The summed E-state index contributed by atoms with van der Waals surface area (Å²) in [7, 11) is 1.46. The highest BCUT2D eigenvalue weighted by Gasteiger charge is 2.17. The second kappa shape index (κ2) is 6.89. The van der Waals surface area contributed by atoms with Gasteiger partial charge in [0.15, 0.2) is 0 Å². The number of alkyl halides is 2. The highest BCUT2D eigenvalue weighted by Crippen LogP contribution is 2.29. The minimum absolute atomic E-state index is 0. The van der Waals surface area contributed by atoms with Gasteiger partial charge in [0.2, 0.25) is 6.43 Å². The topological polar surface area (TPSA) is 35.2 Å². The maximum atomic E-state index is 12.2. The number of halogens is 4. The molecule has 0 aliphatic heterocycles. The zero-order valence-electron chi connectivity index (χ0n) is 8.62. The number of ether oxygens (including phenoxy) is 1. The van der Waals surface area contributed by atoms with Gasteiger partial charge in [-0.15, -0.1) is 12.4 Å². The average Bonchev–Trinajstić information content (AvgIpc) is 2.16. The molecule has 0 aromatic heterocycles. The van der Waals surface area contributed by atoms with Gasteiger partial charge < -0.3 is 10.5 Å². The summed E-state index contributed by atoms with van der Waals surface area (Å²) in [5.41, 5.74) is 6.13. The molecule has 0 fully saturated rings. The van der Waals surface area contributed by atoms with Crippen molar-refractivity contribution in [3.8, 4) is 5.75 Å². The van der Waals surface area contributed by atoms with Crippen LogP contribution in [0.3, 0.4) is 0 Å². The molecular formula is C10H13Cl2F2NO. The van der Waals surface area contributed by atoms with Crippen LogP contribution in [0.15, 0.2) is 18.2 Å². The number of nitrogens with two attached hydrogens (primary N) is 1. The van der Waals surface area contributed by atoms with E-state index in [1.54, 1.807) is 18.2 Å². The Kier molecular flexibility index (Phi) is 6.64. The Hall–Kier alpha value is -0.580. The van der Waals surface area contributed by atoms with Gasteiger partial charge in [0.25, 0.3) is 0 Å². The number of hydrogen-bond donors (Lipinski definition) is 1. The predicted molar refractivity (Wildman–Crippen MR) is 62.8 cm³/mol. The Morgan fingerprint density at radius 2 is 2.06 bits per heavy atom. The van der Waals surface area contributed by atoms with Crippen LogP contribution in [0.5, 0.6) is 5.75 Å². The van der Waals surface area contributed by atoms with Crippen molar-refractivity contribution >= 4 is 24.0 Å². The third-order valence-electron chi connectivity index (χ3n) is 2.02. The fourth-order valence-electron chi connectivity index (χ4n) is 1.31. The molecule has 6 heteroatoms. The molecular weight excluding hydrogens is 259 g/mol. The monoisotopic (exact) mass is 271 g/mol. The molecule has 0 unspecified atom stereocenters. The fraction of sp³-hybridized carbons (Fsp3) is 0.400. The summed E-state index contributed by atoms with van der Waals surface area (Å²) in [5.74, 6) is 0.479. The van der Waals surface area contributed by atoms with Crippen molar-refractivity contribution < 1.29 is 13.5 Å². The van der Waals surface area contributed by atoms with Gasteiger partial charge in [-0.2, -0.15) is 0 Å². The first-order valence-electron chi connectivity index (χ1n) is 4.41. The molecule has 2 nitrogen and oxygen atoms in total. The standard InChI is InChI=1S/C10H12ClF2NO.ClH/c1-15-9-3-2-6(11)4-7(9)8(14)5-10(12)13;/h2-4,8,10H,5,14H2,1H3;1H/t8-;/m1./s1. The Morgan fingerprint density at radius 3 is 2.56 bits per heavy atom. The van der Waals surface area contributed by atoms with Crippen LogP contribution in [0.1, 0.15) is 18.0 Å². The van der Waals surface area contributed by atoms with Crippen LogP contribution < -0.4 is 10.5 Å². The molecule has 0 heterocycles. The third-order valence-corrected chi connectivity index (χ3v) is 2.26. The van der Waals surface area contributed by atoms with Crippen LogP contribution in [0.25, 0.3) is 0 Å². The lowest BCUT2D eigenvalue weighted by molar-refractivity contribution is 0.128. The minimum atomic E-state index is -2.44. The van der Waals surface area contributed by atoms with Crippen molar-refractivity contribution in [2.45, 2.75) is 18.9 Å². The van der Waals surface area contributed by atoms with Gasteiger partial charge in [-0.1, -0.05) is 11.6 Å². The molecule has 0 saturated heterocycles. The van der Waals surface area contributed by atoms with Gasteiger partial charge in [-0.05, 0) is 18.2 Å². The summed E-state index contributed by atoms with van der Waals surface area (Å²) < 4.78 is 29.3. The number of rotatable bonds is 4. The molecule has 0 spiro atoms. The van der Waals surface area contributed by atoms with Gasteiger partial charge in [0, 0.05) is 23.0 Å². The van der Waals surface area contributed by atoms with Crippen molar-refractivity contribution in [3.05, 3.63) is 28.8 Å². The smallest absolute Gasteiger partial charge is 0.240 e. The van der Waals surface area contributed by atoms with Crippen LogP contribution in [0.4, 0.5) is 8.78 Å². The molecule has 0 bridgehead atoms. The normalized spacial score (nSPS) is 12.1. The van der Waals surface area contributed by atoms with E-state index in [9.17, 15) is 8.78 Å². The van der Waals surface area contributed by atoms with E-state index in [2.05, 4.69) is 0 Å². The average molecular weight is 272 g/mol. The van der Waals surface area contributed by atoms with Gasteiger partial charge in [-0.25, -0.2) is 8.78 Å². The quantitative estimate of drug-likeness (QED) is 0.911. The van der Waals surface area contributed by atoms with Gasteiger partial charge in [0.1, 0.15) is 5.75 Å². The number of hydrogen-bond acceptors (Lipinski definition) is 2. The predicted octanol–water partition coefficient (Wildman–Crippen LogP) is 3.43. The van der Waals surface area contributed by atoms with E-state index in [4.69, 9.17) is 22.1 Å². The summed E-state index contributed by atoms with van der Waals surface area (Å²) in [6.45, 7) is 0. The van der Waals surface area contributed by atoms with Crippen LogP contribution in [0.2, 0.25) is 5.02 Å². The van der Waals surface area contributed by atoms with E-state index in [0.29, 0.717) is 16.3 Å². The Labute approximate surface area is 104 Å². The summed E-state index contributed by atoms with van der Waals surface area (Å²) >= 11 is 5.76. The zero-order chi connectivity index (χ0) is 11.4. The molecule has 1 aromatic rings. The molecule has 0 saturated carbocycles. The van der Waals surface area contributed by atoms with E-state index >= 15 is 0 Å². The third kappa shape index (κ3) is 4.12. The molecule has 1 atom stereocenters. The van der Waals surface area contributed by atoms with Crippen LogP contribution in [-0.2, 0) is 0 Å². The second-order valence-electron chi connectivity index (χ2n) is 3.12. The lowest BCUT2D eigenvalue weighted by Gasteiger charge is -2.15. The maximum absolute atomic E-state index is 12.2. The first-order chi connectivity index (χ1) is 7.04. The SMILES string of the molecule is COc1ccc(Cl)cc1[C@H](N)CC(F)F.Cl. The van der Waals surface area contributed by atoms with Crippen molar-refractivity contribution in [2.75, 3.05) is 7.11 Å². The van der Waals surface area contributed by atoms with Gasteiger partial charge in [0.05, 0.1) is 7.11 Å². The Balaban J connectivity index is 0.00000225. The van der Waals surface area contributed by atoms with Crippen LogP contribution >= 0.6 is 24.0 Å². The summed E-state index contributed by atoms with van der Waals surface area (Å²) in [6.07, 6.45) is -2.85. The fourth-order valence-corrected chi connectivity index (χ4v) is 1.49. The lowest BCUT2D eigenvalue weighted by Crippen LogP contribution is -2.15. The van der Waals surface area contributed by atoms with Crippen LogP contribution in [-0.4, -0.2) is 13.5 Å². The molecule has 0 aliphatic rings. The summed E-state index contributed by atoms with van der Waals surface area (Å²) in [5, 5.41) is 0.454. The van der Waals surface area contributed by atoms with Crippen molar-refractivity contribution in [1.29, 1.82) is 0 Å². The molecule has 0 amide bonds. The van der Waals surface area contributed by atoms with Crippen molar-refractivity contribution in [3.63, 3.8) is 0 Å². The first-order valence-corrected chi connectivity index (χ1v) is 4.79. The first kappa shape index (κ1) is 15.4. The largest absolute Gasteiger partial charge is 0.496 e. The lowest BCUT2D eigenvalue weighted by atomic mass is 10.0. The van der Waals surface area contributed by atoms with E-state index in [-0.39, 0.29) is 12.4 Å². The molecule has 2 N–H and O–H groups in total. The minimum Gasteiger partial charge on any atom is -0.496 e. The molecule has 0 aliphatic carbocycles. The van der Waals surface area contributed by atoms with E-state index in [1.165, 1.54) is 7.11 Å². The molecule has 1 rings (SSSR count). The van der Waals surface area contributed by atoms with Crippen molar-refractivity contribution in [2.24, 2.45) is 5.73 Å². The summed E-state index contributed by atoms with van der Waals surface area (Å²) in [4.78, 5) is 0. The highest BCUT2D eigenvalue weighted by atomic mass is 35.5. The maximum Gasteiger partial charge on any atom is 0.240 e. The van der Waals surface area contributed by atoms with Gasteiger partial charge in [-0.3, -0.25) is 0 Å². The number of benzene rings is 1. The Bertz CT molecular complexity index is 337. The van der Waals surface area contributed by atoms with E-state index in [1.807, 2.05) is 0 Å². The highest BCUT2D eigenvalue weighted by molar-refractivity contribution is 6.30. The van der Waals surface area contributed by atoms with Gasteiger partial charge >= 0.3 is 0 Å². The summed E-state index contributed by atoms with van der Waals surface area (Å²) in [6, 6.07) is 4.02. The van der Waals surface area contributed by atoms with E-state index in [0.717, 1.165) is 0 Å². The number of methoxy groups -OCH3 is 1. The second-order valence-corrected chi connectivity index (χ2v) is 3.56. The Morgan fingerprint density at radius 1 is 1.44 bits per heavy atom. The molecule has 1 aromatic carbocycles. The van der Waals surface area contributed by atoms with E-state index < -0.39 is 18.9 Å². The molecule has 16 heavy (non-hydrogen) atoms. The molecule has 0 radical (unpaired) electrons.